The standard InChI is InChI=1S/C19H19F3O3.C2H6/c1-4-16(24-3)13-11-15(23)18-14(19(20,21)22)8-5-9-17(18)25-10-6-7-12(13)2;1-2/h4-9H,10-11H2,1-3H3;1-2H3/b7-6-,13-12+,16-4+;. The van der Waals surface area contributed by atoms with Gasteiger partial charge in [-0.15, -0.1) is 0 Å². The van der Waals surface area contributed by atoms with Gasteiger partial charge in [0.2, 0.25) is 0 Å². The van der Waals surface area contributed by atoms with Gasteiger partial charge in [-0.25, -0.2) is 0 Å². The van der Waals surface area contributed by atoms with Crippen LogP contribution in [0.5, 0.6) is 5.75 Å². The number of alkyl halides is 3. The van der Waals surface area contributed by atoms with Gasteiger partial charge in [-0.3, -0.25) is 4.79 Å². The van der Waals surface area contributed by atoms with Gasteiger partial charge in [0.25, 0.3) is 0 Å². The molecule has 27 heavy (non-hydrogen) atoms. The minimum Gasteiger partial charge on any atom is -0.497 e. The second kappa shape index (κ2) is 10.00. The van der Waals surface area contributed by atoms with Gasteiger partial charge < -0.3 is 9.47 Å². The fraction of sp³-hybridized carbons (Fsp3) is 0.381. The topological polar surface area (TPSA) is 35.5 Å². The quantitative estimate of drug-likeness (QED) is 0.578. The van der Waals surface area contributed by atoms with E-state index in [1.807, 2.05) is 13.8 Å². The molecule has 1 aliphatic heterocycles. The molecule has 0 saturated heterocycles. The summed E-state index contributed by atoms with van der Waals surface area (Å²) < 4.78 is 50.7. The number of fused-ring (bicyclic) bond motifs is 1. The Morgan fingerprint density at radius 1 is 1.26 bits per heavy atom. The Bertz CT molecular complexity index is 756. The summed E-state index contributed by atoms with van der Waals surface area (Å²) in [5, 5.41) is 0. The number of benzene rings is 1. The summed E-state index contributed by atoms with van der Waals surface area (Å²) in [6, 6.07) is 3.50. The van der Waals surface area contributed by atoms with Gasteiger partial charge in [-0.2, -0.15) is 13.2 Å². The number of ketones is 1. The molecule has 1 aromatic rings. The summed E-state index contributed by atoms with van der Waals surface area (Å²) in [7, 11) is 1.46. The third-order valence-corrected chi connectivity index (χ3v) is 3.91. The molecular weight excluding hydrogens is 357 g/mol. The van der Waals surface area contributed by atoms with Crippen molar-refractivity contribution in [2.24, 2.45) is 0 Å². The molecule has 0 aliphatic carbocycles. The number of methoxy groups -OCH3 is 1. The number of hydrogen-bond donors (Lipinski definition) is 0. The molecule has 1 aromatic carbocycles. The van der Waals surface area contributed by atoms with Crippen molar-refractivity contribution < 1.29 is 27.4 Å². The number of halogens is 3. The summed E-state index contributed by atoms with van der Waals surface area (Å²) in [4.78, 5) is 12.8. The summed E-state index contributed by atoms with van der Waals surface area (Å²) in [5.41, 5.74) is -0.144. The lowest BCUT2D eigenvalue weighted by molar-refractivity contribution is -0.138. The minimum atomic E-state index is -4.64. The normalized spacial score (nSPS) is 19.3. The molecular formula is C21H25F3O3. The van der Waals surface area contributed by atoms with Crippen molar-refractivity contribution in [2.45, 2.75) is 40.3 Å². The van der Waals surface area contributed by atoms with E-state index in [2.05, 4.69) is 0 Å². The number of rotatable bonds is 2. The highest BCUT2D eigenvalue weighted by Crippen LogP contribution is 2.38. The average Bonchev–Trinajstić information content (AvgIpc) is 2.65. The van der Waals surface area contributed by atoms with Crippen molar-refractivity contribution in [2.75, 3.05) is 13.7 Å². The van der Waals surface area contributed by atoms with E-state index in [1.54, 1.807) is 32.1 Å². The fourth-order valence-electron chi connectivity index (χ4n) is 2.72. The van der Waals surface area contributed by atoms with Crippen LogP contribution >= 0.6 is 0 Å². The van der Waals surface area contributed by atoms with E-state index in [0.717, 1.165) is 11.6 Å². The lowest BCUT2D eigenvalue weighted by Gasteiger charge is -2.19. The van der Waals surface area contributed by atoms with Gasteiger partial charge in [0.05, 0.1) is 18.2 Å². The number of Topliss-reactive ketones (excluding diaryl/α,β-unsaturated/α-hetero) is 1. The summed E-state index contributed by atoms with van der Waals surface area (Å²) in [6.45, 7) is 7.58. The van der Waals surface area contributed by atoms with Crippen LogP contribution < -0.4 is 4.74 Å². The molecule has 0 radical (unpaired) electrons. The zero-order chi connectivity index (χ0) is 20.6. The highest BCUT2D eigenvalue weighted by atomic mass is 19.4. The number of hydrogen-bond acceptors (Lipinski definition) is 3. The van der Waals surface area contributed by atoms with E-state index < -0.39 is 23.1 Å². The highest BCUT2D eigenvalue weighted by molar-refractivity contribution is 6.02. The summed E-state index contributed by atoms with van der Waals surface area (Å²) in [6.07, 6.45) is 0.279. The average molecular weight is 382 g/mol. The van der Waals surface area contributed by atoms with E-state index in [4.69, 9.17) is 9.47 Å². The van der Waals surface area contributed by atoms with Gasteiger partial charge in [0.1, 0.15) is 18.1 Å². The third kappa shape index (κ3) is 5.49. The SMILES string of the molecule is CC.C\C=C(OC)/C1=C(C)/C=C\COc2cccc(C(F)(F)F)c2C(=O)C1. The van der Waals surface area contributed by atoms with Gasteiger partial charge in [-0.1, -0.05) is 26.0 Å². The molecule has 0 N–H and O–H groups in total. The smallest absolute Gasteiger partial charge is 0.417 e. The van der Waals surface area contributed by atoms with Crippen LogP contribution in [-0.2, 0) is 10.9 Å². The molecule has 6 heteroatoms. The number of carbonyl (C=O) groups excluding carboxylic acids is 1. The summed E-state index contributed by atoms with van der Waals surface area (Å²) >= 11 is 0. The van der Waals surface area contributed by atoms with Crippen molar-refractivity contribution in [1.82, 2.24) is 0 Å². The molecule has 0 atom stereocenters. The minimum absolute atomic E-state index is 0.0599. The zero-order valence-corrected chi connectivity index (χ0v) is 16.2. The lowest BCUT2D eigenvalue weighted by atomic mass is 9.93. The van der Waals surface area contributed by atoms with E-state index in [1.165, 1.54) is 19.2 Å². The molecule has 0 aromatic heterocycles. The first-order valence-corrected chi connectivity index (χ1v) is 8.72. The Morgan fingerprint density at radius 3 is 2.48 bits per heavy atom. The fourth-order valence-corrected chi connectivity index (χ4v) is 2.72. The maximum atomic E-state index is 13.4. The van der Waals surface area contributed by atoms with Crippen molar-refractivity contribution in [3.63, 3.8) is 0 Å². The van der Waals surface area contributed by atoms with Crippen LogP contribution in [-0.4, -0.2) is 19.5 Å². The Balaban J connectivity index is 0.00000176. The predicted molar refractivity (Wildman–Crippen MR) is 99.8 cm³/mol. The molecule has 2 rings (SSSR count). The second-order valence-electron chi connectivity index (χ2n) is 5.51. The van der Waals surface area contributed by atoms with Crippen LogP contribution in [0, 0.1) is 0 Å². The Hall–Kier alpha value is -2.50. The maximum absolute atomic E-state index is 13.4. The van der Waals surface area contributed by atoms with Gasteiger partial charge >= 0.3 is 6.18 Å². The van der Waals surface area contributed by atoms with Crippen LogP contribution in [0.15, 0.2) is 53.3 Å². The van der Waals surface area contributed by atoms with Crippen LogP contribution in [0.2, 0.25) is 0 Å². The first-order valence-electron chi connectivity index (χ1n) is 8.72. The van der Waals surface area contributed by atoms with Crippen molar-refractivity contribution in [1.29, 1.82) is 0 Å². The Labute approximate surface area is 158 Å². The molecule has 0 spiro atoms. The largest absolute Gasteiger partial charge is 0.497 e. The van der Waals surface area contributed by atoms with E-state index in [9.17, 15) is 18.0 Å². The van der Waals surface area contributed by atoms with Crippen LogP contribution in [0.4, 0.5) is 13.2 Å². The van der Waals surface area contributed by atoms with Crippen molar-refractivity contribution in [3.8, 4) is 5.75 Å². The molecule has 3 nitrogen and oxygen atoms in total. The first-order chi connectivity index (χ1) is 12.8. The van der Waals surface area contributed by atoms with E-state index in [0.29, 0.717) is 11.3 Å². The molecule has 0 amide bonds. The van der Waals surface area contributed by atoms with Crippen LogP contribution in [0.3, 0.4) is 0 Å². The zero-order valence-electron chi connectivity index (χ0n) is 16.2. The molecule has 148 valence electrons. The van der Waals surface area contributed by atoms with Gasteiger partial charge in [0, 0.05) is 12.0 Å². The molecule has 0 unspecified atom stereocenters. The number of allylic oxidation sites excluding steroid dienone is 4. The van der Waals surface area contributed by atoms with Crippen molar-refractivity contribution >= 4 is 5.78 Å². The Kier molecular flexibility index (Phi) is 8.34. The van der Waals surface area contributed by atoms with E-state index in [-0.39, 0.29) is 18.8 Å². The second-order valence-corrected chi connectivity index (χ2v) is 5.51. The van der Waals surface area contributed by atoms with Crippen molar-refractivity contribution in [3.05, 3.63) is 64.5 Å². The van der Waals surface area contributed by atoms with Gasteiger partial charge in [-0.05, 0) is 43.7 Å². The maximum Gasteiger partial charge on any atom is 0.417 e. The molecule has 0 bridgehead atoms. The first kappa shape index (κ1) is 22.5. The van der Waals surface area contributed by atoms with E-state index >= 15 is 0 Å². The monoisotopic (exact) mass is 382 g/mol. The lowest BCUT2D eigenvalue weighted by Crippen LogP contribution is -2.16. The molecule has 0 fully saturated rings. The third-order valence-electron chi connectivity index (χ3n) is 3.91. The molecule has 1 aliphatic rings. The Morgan fingerprint density at radius 2 is 1.93 bits per heavy atom. The number of ether oxygens (including phenoxy) is 2. The molecule has 1 heterocycles. The van der Waals surface area contributed by atoms with Gasteiger partial charge in [0.15, 0.2) is 5.78 Å². The van der Waals surface area contributed by atoms with Crippen LogP contribution in [0.1, 0.15) is 50.0 Å². The van der Waals surface area contributed by atoms with Crippen LogP contribution in [0.25, 0.3) is 0 Å². The predicted octanol–water partition coefficient (Wildman–Crippen LogP) is 6.12. The summed E-state index contributed by atoms with van der Waals surface area (Å²) in [5.74, 6) is -0.269. The highest BCUT2D eigenvalue weighted by Gasteiger charge is 2.37. The number of carbonyl (C=O) groups is 1. The molecule has 0 saturated carbocycles.